The lowest BCUT2D eigenvalue weighted by molar-refractivity contribution is -0.141. The number of hydrogen-bond donors (Lipinski definition) is 1. The van der Waals surface area contributed by atoms with Gasteiger partial charge in [-0.15, -0.1) is 0 Å². The topological polar surface area (TPSA) is 29.9 Å². The summed E-state index contributed by atoms with van der Waals surface area (Å²) in [4.78, 5) is 0. The average molecular weight is 261 g/mol. The minimum atomic E-state index is -4.36. The third kappa shape index (κ3) is 3.25. The lowest BCUT2D eigenvalue weighted by Crippen LogP contribution is -2.30. The second-order valence-corrected chi connectivity index (χ2v) is 5.17. The van der Waals surface area contributed by atoms with Gasteiger partial charge in [-0.2, -0.15) is 18.3 Å². The normalized spacial score (nSPS) is 18.3. The van der Waals surface area contributed by atoms with Gasteiger partial charge in [0.05, 0.1) is 6.04 Å². The van der Waals surface area contributed by atoms with Gasteiger partial charge in [0, 0.05) is 18.8 Å². The Bertz CT molecular complexity index is 394. The zero-order chi connectivity index (χ0) is 13.3. The number of nitrogens with one attached hydrogen (secondary N) is 1. The van der Waals surface area contributed by atoms with E-state index in [0.717, 1.165) is 18.9 Å². The van der Waals surface area contributed by atoms with Crippen molar-refractivity contribution in [1.29, 1.82) is 0 Å². The maximum atomic E-state index is 12.5. The predicted octanol–water partition coefficient (Wildman–Crippen LogP) is 2.85. The van der Waals surface area contributed by atoms with Gasteiger partial charge in [-0.05, 0) is 24.8 Å². The van der Waals surface area contributed by atoms with E-state index in [9.17, 15) is 13.2 Å². The Morgan fingerprint density at radius 2 is 2.11 bits per heavy atom. The van der Waals surface area contributed by atoms with E-state index in [1.807, 2.05) is 13.8 Å². The lowest BCUT2D eigenvalue weighted by atomic mass is 10.0. The third-order valence-electron chi connectivity index (χ3n) is 3.20. The van der Waals surface area contributed by atoms with Crippen molar-refractivity contribution < 1.29 is 13.2 Å². The fourth-order valence-electron chi connectivity index (χ4n) is 1.88. The van der Waals surface area contributed by atoms with Crippen LogP contribution in [0.1, 0.15) is 38.4 Å². The van der Waals surface area contributed by atoms with E-state index in [1.54, 1.807) is 0 Å². The summed E-state index contributed by atoms with van der Waals surface area (Å²) in [6.07, 6.45) is -0.617. The number of alkyl halides is 3. The first-order valence-electron chi connectivity index (χ1n) is 6.23. The first-order chi connectivity index (χ1) is 8.38. The van der Waals surface area contributed by atoms with Crippen LogP contribution in [0.25, 0.3) is 0 Å². The van der Waals surface area contributed by atoms with Crippen molar-refractivity contribution >= 4 is 0 Å². The summed E-state index contributed by atoms with van der Waals surface area (Å²) in [6.45, 7) is 4.66. The van der Waals surface area contributed by atoms with Crippen molar-refractivity contribution in [2.45, 2.75) is 44.9 Å². The highest BCUT2D eigenvalue weighted by molar-refractivity contribution is 5.04. The van der Waals surface area contributed by atoms with Gasteiger partial charge in [-0.3, -0.25) is 4.68 Å². The SMILES string of the molecule is CC(C)C(CNC1CC1)n1ccc(C(F)(F)F)n1. The van der Waals surface area contributed by atoms with Crippen LogP contribution >= 0.6 is 0 Å². The van der Waals surface area contributed by atoms with E-state index in [0.29, 0.717) is 12.6 Å². The molecule has 1 aromatic rings. The van der Waals surface area contributed by atoms with Crippen molar-refractivity contribution in [3.05, 3.63) is 18.0 Å². The number of nitrogens with zero attached hydrogens (tertiary/aromatic N) is 2. The van der Waals surface area contributed by atoms with Crippen LogP contribution in [0.2, 0.25) is 0 Å². The molecule has 0 aliphatic heterocycles. The van der Waals surface area contributed by atoms with E-state index in [-0.39, 0.29) is 12.0 Å². The molecule has 18 heavy (non-hydrogen) atoms. The molecule has 0 bridgehead atoms. The Hall–Kier alpha value is -1.04. The summed E-state index contributed by atoms with van der Waals surface area (Å²) in [5, 5.41) is 7.00. The molecule has 3 nitrogen and oxygen atoms in total. The van der Waals surface area contributed by atoms with Crippen LogP contribution in [-0.2, 0) is 6.18 Å². The largest absolute Gasteiger partial charge is 0.435 e. The number of aromatic nitrogens is 2. The molecule has 1 aromatic heterocycles. The van der Waals surface area contributed by atoms with Crippen molar-refractivity contribution in [3.8, 4) is 0 Å². The molecule has 0 radical (unpaired) electrons. The molecule has 1 unspecified atom stereocenters. The zero-order valence-electron chi connectivity index (χ0n) is 10.5. The second kappa shape index (κ2) is 4.91. The Morgan fingerprint density at radius 3 is 2.56 bits per heavy atom. The quantitative estimate of drug-likeness (QED) is 0.883. The molecule has 6 heteroatoms. The van der Waals surface area contributed by atoms with Crippen molar-refractivity contribution in [2.24, 2.45) is 5.92 Å². The standard InChI is InChI=1S/C12H18F3N3/c1-8(2)10(7-16-9-3-4-9)18-6-5-11(17-18)12(13,14)15/h5-6,8-10,16H,3-4,7H2,1-2H3. The van der Waals surface area contributed by atoms with Crippen molar-refractivity contribution in [1.82, 2.24) is 15.1 Å². The molecule has 1 atom stereocenters. The molecule has 0 spiro atoms. The first-order valence-corrected chi connectivity index (χ1v) is 6.23. The maximum absolute atomic E-state index is 12.5. The van der Waals surface area contributed by atoms with Crippen molar-refractivity contribution in [3.63, 3.8) is 0 Å². The van der Waals surface area contributed by atoms with Gasteiger partial charge in [0.2, 0.25) is 0 Å². The zero-order valence-corrected chi connectivity index (χ0v) is 10.5. The van der Waals surface area contributed by atoms with Crippen LogP contribution in [0, 0.1) is 5.92 Å². The molecule has 0 amide bonds. The minimum absolute atomic E-state index is 0.0401. The highest BCUT2D eigenvalue weighted by Crippen LogP contribution is 2.29. The van der Waals surface area contributed by atoms with E-state index < -0.39 is 11.9 Å². The van der Waals surface area contributed by atoms with Crippen LogP contribution in [0.4, 0.5) is 13.2 Å². The second-order valence-electron chi connectivity index (χ2n) is 5.17. The van der Waals surface area contributed by atoms with Gasteiger partial charge in [0.1, 0.15) is 0 Å². The Labute approximate surface area is 104 Å². The van der Waals surface area contributed by atoms with E-state index >= 15 is 0 Å². The molecule has 1 heterocycles. The summed E-state index contributed by atoms with van der Waals surface area (Å²) in [7, 11) is 0. The van der Waals surface area contributed by atoms with E-state index in [2.05, 4.69) is 10.4 Å². The third-order valence-corrected chi connectivity index (χ3v) is 3.20. The summed E-state index contributed by atoms with van der Waals surface area (Å²) in [6, 6.07) is 1.54. The first kappa shape index (κ1) is 13.4. The van der Waals surface area contributed by atoms with Gasteiger partial charge in [0.25, 0.3) is 0 Å². The Morgan fingerprint density at radius 1 is 1.44 bits per heavy atom. The van der Waals surface area contributed by atoms with Gasteiger partial charge < -0.3 is 5.32 Å². The highest BCUT2D eigenvalue weighted by atomic mass is 19.4. The lowest BCUT2D eigenvalue weighted by Gasteiger charge is -2.22. The molecule has 1 fully saturated rings. The minimum Gasteiger partial charge on any atom is -0.312 e. The fourth-order valence-corrected chi connectivity index (χ4v) is 1.88. The Kier molecular flexibility index (Phi) is 3.66. The smallest absolute Gasteiger partial charge is 0.312 e. The molecule has 0 aromatic carbocycles. The van der Waals surface area contributed by atoms with Crippen LogP contribution in [-0.4, -0.2) is 22.4 Å². The highest BCUT2D eigenvalue weighted by Gasteiger charge is 2.34. The molecule has 1 aliphatic carbocycles. The van der Waals surface area contributed by atoms with Gasteiger partial charge in [-0.1, -0.05) is 13.8 Å². The summed E-state index contributed by atoms with van der Waals surface area (Å²) in [5.41, 5.74) is -0.820. The fraction of sp³-hybridized carbons (Fsp3) is 0.750. The van der Waals surface area contributed by atoms with Crippen LogP contribution in [0.5, 0.6) is 0 Å². The van der Waals surface area contributed by atoms with Crippen LogP contribution < -0.4 is 5.32 Å². The van der Waals surface area contributed by atoms with Crippen LogP contribution in [0.3, 0.4) is 0 Å². The molecule has 1 N–H and O–H groups in total. The average Bonchev–Trinajstić information content (AvgIpc) is 2.92. The van der Waals surface area contributed by atoms with Gasteiger partial charge >= 0.3 is 6.18 Å². The molecular weight excluding hydrogens is 243 g/mol. The van der Waals surface area contributed by atoms with Crippen LogP contribution in [0.15, 0.2) is 12.3 Å². The number of hydrogen-bond acceptors (Lipinski definition) is 2. The number of rotatable bonds is 5. The number of halogens is 3. The maximum Gasteiger partial charge on any atom is 0.435 e. The molecule has 1 aliphatic rings. The summed E-state index contributed by atoms with van der Waals surface area (Å²) < 4.78 is 38.9. The van der Waals surface area contributed by atoms with Gasteiger partial charge in [0.15, 0.2) is 5.69 Å². The summed E-state index contributed by atoms with van der Waals surface area (Å²) >= 11 is 0. The Balaban J connectivity index is 2.06. The van der Waals surface area contributed by atoms with Crippen molar-refractivity contribution in [2.75, 3.05) is 6.54 Å². The van der Waals surface area contributed by atoms with E-state index in [1.165, 1.54) is 10.9 Å². The predicted molar refractivity (Wildman–Crippen MR) is 62.1 cm³/mol. The molecule has 102 valence electrons. The monoisotopic (exact) mass is 261 g/mol. The van der Waals surface area contributed by atoms with Gasteiger partial charge in [-0.25, -0.2) is 0 Å². The molecule has 1 saturated carbocycles. The molecular formula is C12H18F3N3. The molecule has 0 saturated heterocycles. The summed E-state index contributed by atoms with van der Waals surface area (Å²) in [5.74, 6) is 0.234. The molecule has 2 rings (SSSR count). The van der Waals surface area contributed by atoms with E-state index in [4.69, 9.17) is 0 Å².